The summed E-state index contributed by atoms with van der Waals surface area (Å²) in [5, 5.41) is 11.1. The van der Waals surface area contributed by atoms with Crippen LogP contribution >= 0.6 is 0 Å². The zero-order valence-electron chi connectivity index (χ0n) is 13.8. The monoisotopic (exact) mass is 370 g/mol. The van der Waals surface area contributed by atoms with E-state index in [0.717, 1.165) is 10.8 Å². The maximum Gasteiger partial charge on any atom is 0.322 e. The van der Waals surface area contributed by atoms with Crippen molar-refractivity contribution in [3.05, 3.63) is 72.3 Å². The summed E-state index contributed by atoms with van der Waals surface area (Å²) < 4.78 is 27.6. The molecule has 134 valence electrons. The first-order chi connectivity index (χ1) is 12.3. The highest BCUT2D eigenvalue weighted by atomic mass is 32.2. The molecule has 3 aromatic rings. The molecule has 26 heavy (non-hydrogen) atoms. The van der Waals surface area contributed by atoms with Crippen molar-refractivity contribution in [2.24, 2.45) is 0 Å². The van der Waals surface area contributed by atoms with Crippen molar-refractivity contribution in [3.63, 3.8) is 0 Å². The average molecular weight is 370 g/mol. The van der Waals surface area contributed by atoms with Crippen LogP contribution in [0.4, 0.5) is 5.69 Å². The predicted molar refractivity (Wildman–Crippen MR) is 100 cm³/mol. The van der Waals surface area contributed by atoms with Crippen molar-refractivity contribution >= 4 is 32.5 Å². The Hall–Kier alpha value is -2.90. The van der Waals surface area contributed by atoms with Crippen LogP contribution in [0.15, 0.2) is 71.6 Å². The van der Waals surface area contributed by atoms with Crippen LogP contribution in [0.1, 0.15) is 5.56 Å². The third-order valence-corrected chi connectivity index (χ3v) is 5.52. The molecule has 0 aromatic heterocycles. The maximum atomic E-state index is 12.6. The first-order valence-corrected chi connectivity index (χ1v) is 9.42. The lowest BCUT2D eigenvalue weighted by atomic mass is 10.1. The van der Waals surface area contributed by atoms with E-state index >= 15 is 0 Å². The first kappa shape index (κ1) is 17.9. The average Bonchev–Trinajstić information content (AvgIpc) is 2.62. The van der Waals surface area contributed by atoms with Crippen molar-refractivity contribution in [1.29, 1.82) is 0 Å². The minimum absolute atomic E-state index is 0.0163. The molecule has 0 heterocycles. The van der Waals surface area contributed by atoms with Crippen LogP contribution in [0.3, 0.4) is 0 Å². The predicted octanol–water partition coefficient (Wildman–Crippen LogP) is 2.40. The number of rotatable bonds is 6. The number of aliphatic carboxylic acids is 1. The number of benzene rings is 3. The number of fused-ring (bicyclic) bond motifs is 1. The number of sulfonamides is 1. The van der Waals surface area contributed by atoms with Crippen LogP contribution in [0.5, 0.6) is 0 Å². The number of carboxylic acids is 1. The number of nitrogens with one attached hydrogen (secondary N) is 1. The Balaban J connectivity index is 1.86. The van der Waals surface area contributed by atoms with Gasteiger partial charge in [-0.25, -0.2) is 8.42 Å². The third-order valence-electron chi connectivity index (χ3n) is 4.05. The molecule has 0 unspecified atom stereocenters. The molecular formula is C19H18N2O4S. The van der Waals surface area contributed by atoms with Gasteiger partial charge in [0, 0.05) is 5.69 Å². The Kier molecular flexibility index (Phi) is 4.92. The summed E-state index contributed by atoms with van der Waals surface area (Å²) in [6, 6.07) is 17.4. The highest BCUT2D eigenvalue weighted by Gasteiger charge is 2.25. The smallest absolute Gasteiger partial charge is 0.322 e. The maximum absolute atomic E-state index is 12.6. The van der Waals surface area contributed by atoms with E-state index < -0.39 is 22.0 Å². The lowest BCUT2D eigenvalue weighted by molar-refractivity contribution is -0.138. The Morgan fingerprint density at radius 2 is 1.65 bits per heavy atom. The van der Waals surface area contributed by atoms with Gasteiger partial charge in [0.05, 0.1) is 4.90 Å². The van der Waals surface area contributed by atoms with E-state index in [0.29, 0.717) is 11.3 Å². The Morgan fingerprint density at radius 3 is 2.31 bits per heavy atom. The van der Waals surface area contributed by atoms with E-state index in [1.807, 2.05) is 18.2 Å². The third kappa shape index (κ3) is 4.01. The second kappa shape index (κ2) is 7.15. The van der Waals surface area contributed by atoms with E-state index in [4.69, 9.17) is 5.73 Å². The minimum atomic E-state index is -3.98. The molecule has 0 bridgehead atoms. The molecule has 0 radical (unpaired) electrons. The number of hydrogen-bond donors (Lipinski definition) is 3. The molecule has 0 aliphatic heterocycles. The standard InChI is InChI=1S/C19H18N2O4S/c20-16-8-5-13(6-9-16)11-18(19(22)23)21-26(24,25)17-10-7-14-3-1-2-4-15(14)12-17/h1-10,12,18,21H,11,20H2,(H,22,23)/t18-/m0/s1. The lowest BCUT2D eigenvalue weighted by Gasteiger charge is -2.15. The van der Waals surface area contributed by atoms with Crippen molar-refractivity contribution < 1.29 is 18.3 Å². The summed E-state index contributed by atoms with van der Waals surface area (Å²) in [6.07, 6.45) is 0.0163. The van der Waals surface area contributed by atoms with Gasteiger partial charge in [0.15, 0.2) is 0 Å². The lowest BCUT2D eigenvalue weighted by Crippen LogP contribution is -2.42. The molecule has 4 N–H and O–H groups in total. The summed E-state index contributed by atoms with van der Waals surface area (Å²) in [6.45, 7) is 0. The van der Waals surface area contributed by atoms with Crippen molar-refractivity contribution in [1.82, 2.24) is 4.72 Å². The number of hydrogen-bond acceptors (Lipinski definition) is 4. The summed E-state index contributed by atoms with van der Waals surface area (Å²) in [4.78, 5) is 11.6. The molecule has 0 saturated heterocycles. The van der Waals surface area contributed by atoms with Crippen LogP contribution in [0.2, 0.25) is 0 Å². The van der Waals surface area contributed by atoms with Crippen molar-refractivity contribution in [2.75, 3.05) is 5.73 Å². The molecule has 0 aliphatic rings. The zero-order valence-corrected chi connectivity index (χ0v) is 14.6. The normalized spacial score (nSPS) is 12.8. The summed E-state index contributed by atoms with van der Waals surface area (Å²) >= 11 is 0. The number of carbonyl (C=O) groups is 1. The van der Waals surface area contributed by atoms with Gasteiger partial charge in [-0.3, -0.25) is 4.79 Å². The molecule has 6 nitrogen and oxygen atoms in total. The number of carboxylic acid groups (broad SMARTS) is 1. The first-order valence-electron chi connectivity index (χ1n) is 7.93. The van der Waals surface area contributed by atoms with Crippen LogP contribution in [-0.4, -0.2) is 25.5 Å². The molecule has 7 heteroatoms. The largest absolute Gasteiger partial charge is 0.480 e. The highest BCUT2D eigenvalue weighted by Crippen LogP contribution is 2.19. The Bertz CT molecular complexity index is 1050. The van der Waals surface area contributed by atoms with E-state index in [1.54, 1.807) is 36.4 Å². The molecule has 0 saturated carbocycles. The molecule has 3 rings (SSSR count). The summed E-state index contributed by atoms with van der Waals surface area (Å²) in [5.41, 5.74) is 6.84. The van der Waals surface area contributed by atoms with E-state index in [-0.39, 0.29) is 11.3 Å². The SMILES string of the molecule is Nc1ccc(C[C@H](NS(=O)(=O)c2ccc3ccccc3c2)C(=O)O)cc1. The summed E-state index contributed by atoms with van der Waals surface area (Å²) in [7, 11) is -3.98. The second-order valence-corrected chi connectivity index (χ2v) is 7.68. The fourth-order valence-electron chi connectivity index (χ4n) is 2.66. The summed E-state index contributed by atoms with van der Waals surface area (Å²) in [5.74, 6) is -1.24. The van der Waals surface area contributed by atoms with Crippen LogP contribution in [0, 0.1) is 0 Å². The Labute approximate surface area is 151 Å². The second-order valence-electron chi connectivity index (χ2n) is 5.97. The quantitative estimate of drug-likeness (QED) is 0.577. The van der Waals surface area contributed by atoms with Gasteiger partial charge in [0.1, 0.15) is 6.04 Å². The van der Waals surface area contributed by atoms with Crippen molar-refractivity contribution in [2.45, 2.75) is 17.4 Å². The van der Waals surface area contributed by atoms with Gasteiger partial charge >= 0.3 is 5.97 Å². The van der Waals surface area contributed by atoms with Gasteiger partial charge in [-0.1, -0.05) is 42.5 Å². The van der Waals surface area contributed by atoms with Gasteiger partial charge in [-0.2, -0.15) is 4.72 Å². The van der Waals surface area contributed by atoms with E-state index in [1.165, 1.54) is 12.1 Å². The zero-order chi connectivity index (χ0) is 18.7. The fourth-order valence-corrected chi connectivity index (χ4v) is 3.88. The van der Waals surface area contributed by atoms with E-state index in [2.05, 4.69) is 4.72 Å². The minimum Gasteiger partial charge on any atom is -0.480 e. The number of anilines is 1. The fraction of sp³-hybridized carbons (Fsp3) is 0.105. The molecule has 0 spiro atoms. The van der Waals surface area contributed by atoms with Gasteiger partial charge in [0.25, 0.3) is 0 Å². The van der Waals surface area contributed by atoms with Crippen LogP contribution in [-0.2, 0) is 21.2 Å². The highest BCUT2D eigenvalue weighted by molar-refractivity contribution is 7.89. The van der Waals surface area contributed by atoms with Crippen LogP contribution < -0.4 is 10.5 Å². The number of nitrogens with two attached hydrogens (primary N) is 1. The van der Waals surface area contributed by atoms with Gasteiger partial charge in [0.2, 0.25) is 10.0 Å². The topological polar surface area (TPSA) is 109 Å². The number of nitrogen functional groups attached to an aromatic ring is 1. The Morgan fingerprint density at radius 1 is 1.00 bits per heavy atom. The van der Waals surface area contributed by atoms with E-state index in [9.17, 15) is 18.3 Å². The molecular weight excluding hydrogens is 352 g/mol. The van der Waals surface area contributed by atoms with Gasteiger partial charge in [-0.05, 0) is 47.0 Å². The molecule has 1 atom stereocenters. The van der Waals surface area contributed by atoms with Gasteiger partial charge in [-0.15, -0.1) is 0 Å². The molecule has 0 aliphatic carbocycles. The van der Waals surface area contributed by atoms with Gasteiger partial charge < -0.3 is 10.8 Å². The molecule has 0 fully saturated rings. The molecule has 0 amide bonds. The van der Waals surface area contributed by atoms with Crippen LogP contribution in [0.25, 0.3) is 10.8 Å². The molecule has 3 aromatic carbocycles. The van der Waals surface area contributed by atoms with Crippen molar-refractivity contribution in [3.8, 4) is 0 Å².